The summed E-state index contributed by atoms with van der Waals surface area (Å²) < 4.78 is 0. The number of thioether (sulfide) groups is 1. The summed E-state index contributed by atoms with van der Waals surface area (Å²) >= 11 is 1.56. The number of aromatic nitrogens is 1. The molecule has 0 aliphatic carbocycles. The summed E-state index contributed by atoms with van der Waals surface area (Å²) in [5.74, 6) is 0.548. The number of rotatable bonds is 6. The van der Waals surface area contributed by atoms with Gasteiger partial charge in [-0.3, -0.25) is 9.59 Å². The van der Waals surface area contributed by atoms with E-state index < -0.39 is 0 Å². The highest BCUT2D eigenvalue weighted by molar-refractivity contribution is 7.99. The van der Waals surface area contributed by atoms with Crippen molar-refractivity contribution < 1.29 is 9.59 Å². The Kier molecular flexibility index (Phi) is 5.46. The number of ketones is 1. The quantitative estimate of drug-likeness (QED) is 0.523. The molecule has 0 unspecified atom stereocenters. The van der Waals surface area contributed by atoms with Crippen molar-refractivity contribution in [2.45, 2.75) is 18.4 Å². The summed E-state index contributed by atoms with van der Waals surface area (Å²) in [4.78, 5) is 28.0. The van der Waals surface area contributed by atoms with E-state index >= 15 is 0 Å². The lowest BCUT2D eigenvalue weighted by Crippen LogP contribution is -2.12. The second-order valence-corrected chi connectivity index (χ2v) is 6.74. The number of anilines is 1. The van der Waals surface area contributed by atoms with Gasteiger partial charge in [0.25, 0.3) is 0 Å². The van der Waals surface area contributed by atoms with E-state index in [0.29, 0.717) is 23.4 Å². The maximum absolute atomic E-state index is 12.1. The lowest BCUT2D eigenvalue weighted by Gasteiger charge is -2.06. The van der Waals surface area contributed by atoms with Gasteiger partial charge in [0, 0.05) is 28.8 Å². The van der Waals surface area contributed by atoms with Crippen LogP contribution in [0.1, 0.15) is 23.7 Å². The summed E-state index contributed by atoms with van der Waals surface area (Å²) in [5, 5.41) is 4.84. The fourth-order valence-electron chi connectivity index (χ4n) is 2.42. The van der Waals surface area contributed by atoms with Gasteiger partial charge in [0.2, 0.25) is 5.91 Å². The Bertz CT molecular complexity index is 924. The van der Waals surface area contributed by atoms with Crippen LogP contribution >= 0.6 is 11.8 Å². The van der Waals surface area contributed by atoms with Gasteiger partial charge in [0.1, 0.15) is 0 Å². The number of carbonyl (C=O) groups is 2. The molecule has 0 aliphatic heterocycles. The third-order valence-corrected chi connectivity index (χ3v) is 4.64. The minimum atomic E-state index is -0.0750. The molecule has 0 bridgehead atoms. The number of nitrogens with zero attached hydrogens (tertiary/aromatic N) is 1. The molecule has 1 heterocycles. The van der Waals surface area contributed by atoms with Crippen LogP contribution in [-0.4, -0.2) is 22.4 Å². The minimum absolute atomic E-state index is 0.0194. The van der Waals surface area contributed by atoms with Crippen LogP contribution < -0.4 is 5.32 Å². The molecule has 0 spiro atoms. The molecule has 0 atom stereocenters. The van der Waals surface area contributed by atoms with Crippen molar-refractivity contribution >= 4 is 40.0 Å². The largest absolute Gasteiger partial charge is 0.326 e. The van der Waals surface area contributed by atoms with E-state index in [9.17, 15) is 9.59 Å². The minimum Gasteiger partial charge on any atom is -0.326 e. The Morgan fingerprint density at radius 2 is 1.88 bits per heavy atom. The number of hydrogen-bond donors (Lipinski definition) is 1. The zero-order chi connectivity index (χ0) is 17.6. The van der Waals surface area contributed by atoms with Crippen LogP contribution in [0.4, 0.5) is 5.69 Å². The third-order valence-electron chi connectivity index (χ3n) is 3.70. The molecule has 5 heteroatoms. The molecule has 1 N–H and O–H groups in total. The highest BCUT2D eigenvalue weighted by Crippen LogP contribution is 2.20. The van der Waals surface area contributed by atoms with Crippen LogP contribution in [0.15, 0.2) is 65.7 Å². The van der Waals surface area contributed by atoms with Gasteiger partial charge in [-0.1, -0.05) is 36.4 Å². The van der Waals surface area contributed by atoms with E-state index in [1.807, 2.05) is 36.4 Å². The lowest BCUT2D eigenvalue weighted by atomic mass is 10.1. The van der Waals surface area contributed by atoms with Gasteiger partial charge in [0.05, 0.1) is 10.5 Å². The molecule has 0 radical (unpaired) electrons. The maximum atomic E-state index is 12.1. The van der Waals surface area contributed by atoms with Crippen LogP contribution in [0.2, 0.25) is 0 Å². The Hall–Kier alpha value is -2.66. The van der Waals surface area contributed by atoms with E-state index in [4.69, 9.17) is 0 Å². The van der Waals surface area contributed by atoms with E-state index in [2.05, 4.69) is 10.3 Å². The van der Waals surface area contributed by atoms with Crippen LogP contribution in [0.25, 0.3) is 10.9 Å². The number of amides is 1. The SMILES string of the molecule is CC(=O)c1cccc(NC(=O)CCSc2ccc3ccccc3n2)c1. The summed E-state index contributed by atoms with van der Waals surface area (Å²) in [6.07, 6.45) is 0.378. The first-order valence-electron chi connectivity index (χ1n) is 8.01. The number of Topliss-reactive ketones (excluding diaryl/α,β-unsaturated/α-hetero) is 1. The zero-order valence-corrected chi connectivity index (χ0v) is 14.7. The van der Waals surface area contributed by atoms with Crippen LogP contribution in [-0.2, 0) is 4.79 Å². The van der Waals surface area contributed by atoms with Crippen molar-refractivity contribution in [2.24, 2.45) is 0 Å². The van der Waals surface area contributed by atoms with Gasteiger partial charge in [-0.25, -0.2) is 4.98 Å². The number of hydrogen-bond acceptors (Lipinski definition) is 4. The standard InChI is InChI=1S/C20H18N2O2S/c1-14(23)16-6-4-7-17(13-16)21-19(24)11-12-25-20-10-9-15-5-2-3-8-18(15)22-20/h2-10,13H,11-12H2,1H3,(H,21,24). The Balaban J connectivity index is 1.53. The monoisotopic (exact) mass is 350 g/mol. The van der Waals surface area contributed by atoms with Crippen molar-refractivity contribution in [1.29, 1.82) is 0 Å². The molecule has 0 saturated heterocycles. The van der Waals surface area contributed by atoms with Crippen molar-refractivity contribution in [1.82, 2.24) is 4.98 Å². The highest BCUT2D eigenvalue weighted by Gasteiger charge is 2.06. The third kappa shape index (κ3) is 4.67. The summed E-state index contributed by atoms with van der Waals surface area (Å²) in [5.41, 5.74) is 2.19. The summed E-state index contributed by atoms with van der Waals surface area (Å²) in [6, 6.07) is 18.9. The molecule has 3 aromatic rings. The number of carbonyl (C=O) groups excluding carboxylic acids is 2. The second-order valence-electron chi connectivity index (χ2n) is 5.63. The predicted molar refractivity (Wildman–Crippen MR) is 102 cm³/mol. The van der Waals surface area contributed by atoms with Gasteiger partial charge in [0.15, 0.2) is 5.78 Å². The number of para-hydroxylation sites is 1. The van der Waals surface area contributed by atoms with Gasteiger partial charge in [-0.05, 0) is 31.2 Å². The van der Waals surface area contributed by atoms with Crippen molar-refractivity contribution in [3.63, 3.8) is 0 Å². The van der Waals surface area contributed by atoms with E-state index in [-0.39, 0.29) is 11.7 Å². The molecule has 0 saturated carbocycles. The fraction of sp³-hybridized carbons (Fsp3) is 0.150. The van der Waals surface area contributed by atoms with Crippen molar-refractivity contribution in [3.8, 4) is 0 Å². The highest BCUT2D eigenvalue weighted by atomic mass is 32.2. The Morgan fingerprint density at radius 3 is 2.72 bits per heavy atom. The molecule has 0 aliphatic rings. The smallest absolute Gasteiger partial charge is 0.225 e. The van der Waals surface area contributed by atoms with Crippen molar-refractivity contribution in [3.05, 3.63) is 66.2 Å². The topological polar surface area (TPSA) is 59.1 Å². The van der Waals surface area contributed by atoms with Gasteiger partial charge < -0.3 is 5.32 Å². The average Bonchev–Trinajstić information content (AvgIpc) is 2.62. The number of nitrogens with one attached hydrogen (secondary N) is 1. The van der Waals surface area contributed by atoms with Crippen LogP contribution in [0.3, 0.4) is 0 Å². The zero-order valence-electron chi connectivity index (χ0n) is 13.9. The number of fused-ring (bicyclic) bond motifs is 1. The maximum Gasteiger partial charge on any atom is 0.225 e. The van der Waals surface area contributed by atoms with Crippen LogP contribution in [0.5, 0.6) is 0 Å². The van der Waals surface area contributed by atoms with E-state index in [1.54, 1.807) is 36.0 Å². The fourth-order valence-corrected chi connectivity index (χ4v) is 3.24. The number of benzene rings is 2. The molecule has 25 heavy (non-hydrogen) atoms. The first-order valence-corrected chi connectivity index (χ1v) is 9.00. The van der Waals surface area contributed by atoms with Gasteiger partial charge in [-0.15, -0.1) is 11.8 Å². The summed E-state index contributed by atoms with van der Waals surface area (Å²) in [6.45, 7) is 1.51. The molecule has 126 valence electrons. The molecule has 1 aromatic heterocycles. The first-order chi connectivity index (χ1) is 12.1. The second kappa shape index (κ2) is 7.94. The normalized spacial score (nSPS) is 10.6. The lowest BCUT2D eigenvalue weighted by molar-refractivity contribution is -0.115. The molecule has 0 fully saturated rings. The Labute approximate surface area is 150 Å². The molecule has 2 aromatic carbocycles. The van der Waals surface area contributed by atoms with Gasteiger partial charge in [-0.2, -0.15) is 0 Å². The van der Waals surface area contributed by atoms with E-state index in [1.165, 1.54) is 6.92 Å². The van der Waals surface area contributed by atoms with Crippen molar-refractivity contribution in [2.75, 3.05) is 11.1 Å². The molecule has 4 nitrogen and oxygen atoms in total. The summed E-state index contributed by atoms with van der Waals surface area (Å²) in [7, 11) is 0. The van der Waals surface area contributed by atoms with Crippen LogP contribution in [0, 0.1) is 0 Å². The first kappa shape index (κ1) is 17.2. The molecular weight excluding hydrogens is 332 g/mol. The van der Waals surface area contributed by atoms with E-state index in [0.717, 1.165) is 15.9 Å². The average molecular weight is 350 g/mol. The Morgan fingerprint density at radius 1 is 1.04 bits per heavy atom. The molecular formula is C20H18N2O2S. The van der Waals surface area contributed by atoms with Gasteiger partial charge >= 0.3 is 0 Å². The predicted octanol–water partition coefficient (Wildman–Crippen LogP) is 4.56. The number of pyridine rings is 1. The molecule has 1 amide bonds. The molecule has 3 rings (SSSR count).